The van der Waals surface area contributed by atoms with E-state index in [9.17, 15) is 0 Å². The number of nitrogens with one attached hydrogen (secondary N) is 1. The van der Waals surface area contributed by atoms with E-state index in [1.54, 1.807) is 0 Å². The highest BCUT2D eigenvalue weighted by Crippen LogP contribution is 2.23. The van der Waals surface area contributed by atoms with E-state index in [-0.39, 0.29) is 0 Å². The Bertz CT molecular complexity index is 248. The largest absolute Gasteiger partial charge is 0.363 e. The number of hydrogen-bond donors (Lipinski definition) is 2. The number of nitrogens with two attached hydrogens (primary N) is 1. The lowest BCUT2D eigenvalue weighted by Crippen LogP contribution is -2.38. The van der Waals surface area contributed by atoms with E-state index < -0.39 is 0 Å². The molecule has 2 rings (SSSR count). The van der Waals surface area contributed by atoms with Crippen LogP contribution in [0, 0.1) is 0 Å². The van der Waals surface area contributed by atoms with Crippen molar-refractivity contribution in [2.45, 2.75) is 38.1 Å². The van der Waals surface area contributed by atoms with Gasteiger partial charge < -0.3 is 5.73 Å². The monoisotopic (exact) mass is 166 g/mol. The Balaban J connectivity index is 2.08. The highest BCUT2D eigenvalue weighted by atomic mass is 15.1. The maximum Gasteiger partial charge on any atom is 0.243 e. The van der Waals surface area contributed by atoms with Crippen molar-refractivity contribution in [3.05, 3.63) is 12.5 Å². The molecule has 1 aliphatic rings. The first kappa shape index (κ1) is 7.65. The van der Waals surface area contributed by atoms with Gasteiger partial charge in [-0.2, -0.15) is 0 Å². The first-order valence-electron chi connectivity index (χ1n) is 4.71. The molecule has 0 spiro atoms. The molecule has 0 unspecified atom stereocenters. The molecule has 1 fully saturated rings. The van der Waals surface area contributed by atoms with Gasteiger partial charge in [-0.1, -0.05) is 6.42 Å². The zero-order valence-electron chi connectivity index (χ0n) is 7.29. The number of H-pyrrole nitrogens is 1. The minimum absolute atomic E-state index is 0.687. The number of nitrogen functional groups attached to an aromatic ring is 1. The molecule has 1 aromatic heterocycles. The highest BCUT2D eigenvalue weighted by Gasteiger charge is 2.19. The maximum atomic E-state index is 5.61. The number of aromatic nitrogens is 2. The highest BCUT2D eigenvalue weighted by molar-refractivity contribution is 5.18. The van der Waals surface area contributed by atoms with Crippen LogP contribution in [0.25, 0.3) is 0 Å². The number of hydrogen-bond acceptors (Lipinski definition) is 1. The molecule has 0 saturated heterocycles. The molecule has 0 radical (unpaired) electrons. The summed E-state index contributed by atoms with van der Waals surface area (Å²) in [6.07, 6.45) is 10.7. The van der Waals surface area contributed by atoms with Gasteiger partial charge in [0.25, 0.3) is 0 Å². The Labute approximate surface area is 72.6 Å². The normalized spacial score (nSPS) is 19.7. The average molecular weight is 166 g/mol. The van der Waals surface area contributed by atoms with Gasteiger partial charge in [0.15, 0.2) is 6.20 Å². The van der Waals surface area contributed by atoms with Crippen LogP contribution in [0.3, 0.4) is 0 Å². The van der Waals surface area contributed by atoms with Crippen molar-refractivity contribution in [2.24, 2.45) is 0 Å². The van der Waals surface area contributed by atoms with E-state index in [0.29, 0.717) is 6.04 Å². The zero-order chi connectivity index (χ0) is 8.39. The molecule has 3 nitrogen and oxygen atoms in total. The number of anilines is 1. The summed E-state index contributed by atoms with van der Waals surface area (Å²) in [5.41, 5.74) is 5.61. The van der Waals surface area contributed by atoms with E-state index in [1.807, 2.05) is 12.5 Å². The Morgan fingerprint density at radius 3 is 2.67 bits per heavy atom. The Kier molecular flexibility index (Phi) is 2.02. The second-order valence-corrected chi connectivity index (χ2v) is 3.60. The van der Waals surface area contributed by atoms with E-state index >= 15 is 0 Å². The van der Waals surface area contributed by atoms with Crippen LogP contribution in [0.2, 0.25) is 0 Å². The molecule has 3 N–H and O–H groups in total. The molecular weight excluding hydrogens is 150 g/mol. The third-order valence-electron chi connectivity index (χ3n) is 2.66. The second kappa shape index (κ2) is 3.17. The summed E-state index contributed by atoms with van der Waals surface area (Å²) < 4.78 is 2.22. The van der Waals surface area contributed by atoms with E-state index in [0.717, 1.165) is 5.82 Å². The van der Waals surface area contributed by atoms with E-state index in [1.165, 1.54) is 32.1 Å². The number of nitrogens with zero attached hydrogens (tertiary/aromatic N) is 1. The lowest BCUT2D eigenvalue weighted by atomic mass is 9.95. The van der Waals surface area contributed by atoms with Crippen LogP contribution in [0.4, 0.5) is 5.82 Å². The predicted octanol–water partition coefficient (Wildman–Crippen LogP) is 1.39. The van der Waals surface area contributed by atoms with Gasteiger partial charge in [-0.05, 0) is 25.7 Å². The van der Waals surface area contributed by atoms with Crippen molar-refractivity contribution in [1.29, 1.82) is 0 Å². The average Bonchev–Trinajstić information content (AvgIpc) is 2.54. The number of imidazole rings is 1. The minimum Gasteiger partial charge on any atom is -0.363 e. The summed E-state index contributed by atoms with van der Waals surface area (Å²) in [5, 5.41) is 0. The van der Waals surface area contributed by atoms with E-state index in [2.05, 4.69) is 9.55 Å². The molecular formula is C9H16N3+. The molecule has 3 heteroatoms. The second-order valence-electron chi connectivity index (χ2n) is 3.60. The third kappa shape index (κ3) is 1.44. The fourth-order valence-corrected chi connectivity index (χ4v) is 1.97. The predicted molar refractivity (Wildman–Crippen MR) is 47.5 cm³/mol. The molecule has 0 bridgehead atoms. The quantitative estimate of drug-likeness (QED) is 0.608. The number of aromatic amines is 1. The fraction of sp³-hybridized carbons (Fsp3) is 0.667. The smallest absolute Gasteiger partial charge is 0.243 e. The standard InChI is InChI=1S/C9H15N3/c10-9-6-12(7-11-9)8-4-2-1-3-5-8/h6-8H,1-5,10H2/p+1. The van der Waals surface area contributed by atoms with Crippen molar-refractivity contribution in [3.8, 4) is 0 Å². The van der Waals surface area contributed by atoms with Gasteiger partial charge in [-0.25, -0.2) is 9.55 Å². The van der Waals surface area contributed by atoms with Crippen LogP contribution < -0.4 is 10.3 Å². The SMILES string of the molecule is Nc1c[n+](C2CCCCC2)c[nH]1. The molecule has 0 aliphatic heterocycles. The topological polar surface area (TPSA) is 45.7 Å². The summed E-state index contributed by atoms with van der Waals surface area (Å²) in [6.45, 7) is 0. The van der Waals surface area contributed by atoms with Crippen molar-refractivity contribution in [3.63, 3.8) is 0 Å². The van der Waals surface area contributed by atoms with Crippen LogP contribution in [0.1, 0.15) is 38.1 Å². The van der Waals surface area contributed by atoms with Gasteiger partial charge in [0.2, 0.25) is 12.1 Å². The van der Waals surface area contributed by atoms with Crippen LogP contribution >= 0.6 is 0 Å². The lowest BCUT2D eigenvalue weighted by Gasteiger charge is -2.17. The molecule has 0 atom stereocenters. The van der Waals surface area contributed by atoms with Gasteiger partial charge in [0.05, 0.1) is 0 Å². The minimum atomic E-state index is 0.687. The number of rotatable bonds is 1. The fourth-order valence-electron chi connectivity index (χ4n) is 1.97. The molecule has 1 aliphatic carbocycles. The third-order valence-corrected chi connectivity index (χ3v) is 2.66. The van der Waals surface area contributed by atoms with Crippen LogP contribution in [0.15, 0.2) is 12.5 Å². The maximum absolute atomic E-state index is 5.61. The van der Waals surface area contributed by atoms with Crippen LogP contribution in [0.5, 0.6) is 0 Å². The molecule has 1 saturated carbocycles. The summed E-state index contributed by atoms with van der Waals surface area (Å²) >= 11 is 0. The first-order chi connectivity index (χ1) is 5.86. The zero-order valence-corrected chi connectivity index (χ0v) is 7.29. The van der Waals surface area contributed by atoms with Crippen molar-refractivity contribution in [2.75, 3.05) is 5.73 Å². The summed E-state index contributed by atoms with van der Waals surface area (Å²) in [4.78, 5) is 3.01. The van der Waals surface area contributed by atoms with Crippen LogP contribution in [-0.2, 0) is 0 Å². The summed E-state index contributed by atoms with van der Waals surface area (Å²) in [6, 6.07) is 0.687. The Morgan fingerprint density at radius 1 is 1.33 bits per heavy atom. The van der Waals surface area contributed by atoms with Gasteiger partial charge in [-0.3, -0.25) is 0 Å². The van der Waals surface area contributed by atoms with Crippen LogP contribution in [-0.4, -0.2) is 4.98 Å². The van der Waals surface area contributed by atoms with Gasteiger partial charge in [0, 0.05) is 0 Å². The van der Waals surface area contributed by atoms with Gasteiger partial charge >= 0.3 is 0 Å². The lowest BCUT2D eigenvalue weighted by molar-refractivity contribution is -0.724. The molecule has 66 valence electrons. The summed E-state index contributed by atoms with van der Waals surface area (Å²) in [7, 11) is 0. The molecule has 0 aromatic carbocycles. The van der Waals surface area contributed by atoms with Crippen molar-refractivity contribution in [1.82, 2.24) is 4.98 Å². The Morgan fingerprint density at radius 2 is 2.08 bits per heavy atom. The van der Waals surface area contributed by atoms with Gasteiger partial charge in [-0.15, -0.1) is 0 Å². The van der Waals surface area contributed by atoms with Crippen molar-refractivity contribution < 1.29 is 4.57 Å². The molecule has 0 amide bonds. The molecule has 1 heterocycles. The van der Waals surface area contributed by atoms with Crippen molar-refractivity contribution >= 4 is 5.82 Å². The molecule has 1 aromatic rings. The summed E-state index contributed by atoms with van der Waals surface area (Å²) in [5.74, 6) is 0.764. The first-order valence-corrected chi connectivity index (χ1v) is 4.71. The van der Waals surface area contributed by atoms with Gasteiger partial charge in [0.1, 0.15) is 6.04 Å². The Hall–Kier alpha value is -0.990. The van der Waals surface area contributed by atoms with E-state index in [4.69, 9.17) is 5.73 Å². The molecule has 12 heavy (non-hydrogen) atoms.